The maximum absolute atomic E-state index is 13.3. The molecule has 0 radical (unpaired) electrons. The largest absolute Gasteiger partial charge is 0.347 e. The van der Waals surface area contributed by atoms with E-state index >= 15 is 0 Å². The zero-order valence-corrected chi connectivity index (χ0v) is 18.4. The fraction of sp³-hybridized carbons (Fsp3) is 0.148. The van der Waals surface area contributed by atoms with E-state index < -0.39 is 0 Å². The van der Waals surface area contributed by atoms with Crippen molar-refractivity contribution in [2.75, 3.05) is 27.7 Å². The Bertz CT molecular complexity index is 1270. The highest BCUT2D eigenvalue weighted by Gasteiger charge is 2.20. The van der Waals surface area contributed by atoms with Gasteiger partial charge in [0.1, 0.15) is 0 Å². The van der Waals surface area contributed by atoms with E-state index in [1.54, 1.807) is 21.1 Å². The van der Waals surface area contributed by atoms with Crippen molar-refractivity contribution >= 4 is 22.7 Å². The Kier molecular flexibility index (Phi) is 5.99. The minimum atomic E-state index is -0.207. The zero-order valence-electron chi connectivity index (χ0n) is 18.4. The third kappa shape index (κ3) is 4.37. The highest BCUT2D eigenvalue weighted by Crippen LogP contribution is 2.28. The van der Waals surface area contributed by atoms with Crippen LogP contribution in [0, 0.1) is 0 Å². The van der Waals surface area contributed by atoms with Crippen LogP contribution in [-0.4, -0.2) is 54.3 Å². The average molecular weight is 424 g/mol. The van der Waals surface area contributed by atoms with E-state index in [9.17, 15) is 9.59 Å². The minimum absolute atomic E-state index is 0.0174. The monoisotopic (exact) mass is 423 g/mol. The van der Waals surface area contributed by atoms with Gasteiger partial charge in [0, 0.05) is 32.1 Å². The average Bonchev–Trinajstić information content (AvgIpc) is 2.83. The van der Waals surface area contributed by atoms with Gasteiger partial charge in [-0.1, -0.05) is 72.8 Å². The molecule has 5 heteroatoms. The number of fused-ring (bicyclic) bond motifs is 1. The molecule has 160 valence electrons. The predicted molar refractivity (Wildman–Crippen MR) is 128 cm³/mol. The Morgan fingerprint density at radius 1 is 0.750 bits per heavy atom. The molecule has 4 rings (SSSR count). The first-order valence-corrected chi connectivity index (χ1v) is 10.5. The van der Waals surface area contributed by atoms with Crippen LogP contribution in [0.25, 0.3) is 33.3 Å². The Balaban J connectivity index is 1.72. The van der Waals surface area contributed by atoms with Crippen molar-refractivity contribution in [1.82, 2.24) is 14.8 Å². The minimum Gasteiger partial charge on any atom is -0.347 e. The molecule has 0 atom stereocenters. The number of para-hydroxylation sites is 1. The van der Waals surface area contributed by atoms with Crippen LogP contribution in [0.5, 0.6) is 0 Å². The fourth-order valence-electron chi connectivity index (χ4n) is 3.59. The Morgan fingerprint density at radius 2 is 1.34 bits per heavy atom. The molecular formula is C27H25N3O2. The summed E-state index contributed by atoms with van der Waals surface area (Å²) in [6.07, 6.45) is 0. The van der Waals surface area contributed by atoms with E-state index in [-0.39, 0.29) is 18.4 Å². The van der Waals surface area contributed by atoms with Crippen molar-refractivity contribution < 1.29 is 9.59 Å². The van der Waals surface area contributed by atoms with Gasteiger partial charge in [-0.3, -0.25) is 9.59 Å². The molecule has 2 amide bonds. The molecular weight excluding hydrogens is 398 g/mol. The molecule has 0 fully saturated rings. The molecule has 32 heavy (non-hydrogen) atoms. The summed E-state index contributed by atoms with van der Waals surface area (Å²) in [7, 11) is 5.01. The Morgan fingerprint density at radius 3 is 2.03 bits per heavy atom. The molecule has 5 nitrogen and oxygen atoms in total. The lowest BCUT2D eigenvalue weighted by Gasteiger charge is -2.20. The summed E-state index contributed by atoms with van der Waals surface area (Å²) in [5.41, 5.74) is 5.19. The molecule has 1 heterocycles. The summed E-state index contributed by atoms with van der Waals surface area (Å²) >= 11 is 0. The lowest BCUT2D eigenvalue weighted by atomic mass is 10.0. The maximum atomic E-state index is 13.3. The number of likely N-dealkylation sites (N-methyl/N-ethyl adjacent to an activating group) is 2. The molecule has 0 N–H and O–H groups in total. The Hall–Kier alpha value is -3.99. The van der Waals surface area contributed by atoms with Crippen molar-refractivity contribution in [1.29, 1.82) is 0 Å². The second-order valence-corrected chi connectivity index (χ2v) is 7.96. The number of carbonyl (C=O) groups is 2. The van der Waals surface area contributed by atoms with Crippen LogP contribution in [0.3, 0.4) is 0 Å². The first kappa shape index (κ1) is 21.2. The molecule has 0 aliphatic carbocycles. The second-order valence-electron chi connectivity index (χ2n) is 7.96. The van der Waals surface area contributed by atoms with Gasteiger partial charge in [0.2, 0.25) is 5.91 Å². The molecule has 0 unspecified atom stereocenters. The van der Waals surface area contributed by atoms with Crippen molar-refractivity contribution in [3.8, 4) is 22.4 Å². The summed E-state index contributed by atoms with van der Waals surface area (Å²) in [5, 5.41) is 0.770. The normalized spacial score (nSPS) is 10.7. The predicted octanol–water partition coefficient (Wildman–Crippen LogP) is 4.73. The van der Waals surface area contributed by atoms with Crippen molar-refractivity contribution in [3.63, 3.8) is 0 Å². The van der Waals surface area contributed by atoms with Gasteiger partial charge in [0.05, 0.1) is 23.3 Å². The smallest absolute Gasteiger partial charge is 0.254 e. The van der Waals surface area contributed by atoms with E-state index in [4.69, 9.17) is 4.98 Å². The van der Waals surface area contributed by atoms with Crippen LogP contribution in [0.15, 0.2) is 84.9 Å². The summed E-state index contributed by atoms with van der Waals surface area (Å²) in [6.45, 7) is 0.0174. The first-order chi connectivity index (χ1) is 15.4. The van der Waals surface area contributed by atoms with Crippen LogP contribution in [0.2, 0.25) is 0 Å². The number of pyridine rings is 1. The SMILES string of the molecule is CN(C)C(=O)CN(C)C(=O)c1cc(-c2ccc(-c3ccccc3)cc2)nc2ccccc12. The molecule has 0 aliphatic rings. The van der Waals surface area contributed by atoms with Crippen LogP contribution >= 0.6 is 0 Å². The van der Waals surface area contributed by atoms with Gasteiger partial charge < -0.3 is 9.80 Å². The van der Waals surface area contributed by atoms with Gasteiger partial charge in [-0.05, 0) is 23.3 Å². The van der Waals surface area contributed by atoms with Gasteiger partial charge in [-0.15, -0.1) is 0 Å². The number of hydrogen-bond acceptors (Lipinski definition) is 3. The van der Waals surface area contributed by atoms with E-state index in [2.05, 4.69) is 24.3 Å². The molecule has 0 spiro atoms. The molecule has 1 aromatic heterocycles. The molecule has 0 bridgehead atoms. The molecule has 4 aromatic rings. The highest BCUT2D eigenvalue weighted by atomic mass is 16.2. The lowest BCUT2D eigenvalue weighted by molar-refractivity contribution is -0.129. The summed E-state index contributed by atoms with van der Waals surface area (Å²) < 4.78 is 0. The summed E-state index contributed by atoms with van der Waals surface area (Å²) in [5.74, 6) is -0.336. The number of rotatable bonds is 5. The number of carbonyl (C=O) groups excluding carboxylic acids is 2. The molecule has 0 saturated heterocycles. The highest BCUT2D eigenvalue weighted by molar-refractivity contribution is 6.07. The van der Waals surface area contributed by atoms with Crippen LogP contribution in [0.1, 0.15) is 10.4 Å². The second kappa shape index (κ2) is 9.02. The lowest BCUT2D eigenvalue weighted by Crippen LogP contribution is -2.37. The quantitative estimate of drug-likeness (QED) is 0.466. The number of hydrogen-bond donors (Lipinski definition) is 0. The van der Waals surface area contributed by atoms with Crippen molar-refractivity contribution in [3.05, 3.63) is 90.5 Å². The van der Waals surface area contributed by atoms with Gasteiger partial charge in [0.25, 0.3) is 5.91 Å². The van der Waals surface area contributed by atoms with E-state index in [0.29, 0.717) is 5.56 Å². The third-order valence-corrected chi connectivity index (χ3v) is 5.45. The van der Waals surface area contributed by atoms with Gasteiger partial charge >= 0.3 is 0 Å². The van der Waals surface area contributed by atoms with Crippen LogP contribution in [0.4, 0.5) is 0 Å². The standard InChI is InChI=1S/C27H25N3O2/c1-29(2)26(31)18-30(3)27(32)23-17-25(28-24-12-8-7-11-22(23)24)21-15-13-20(14-16-21)19-9-5-4-6-10-19/h4-17H,18H2,1-3H3. The van der Waals surface area contributed by atoms with Gasteiger partial charge in [-0.25, -0.2) is 4.98 Å². The number of aromatic nitrogens is 1. The first-order valence-electron chi connectivity index (χ1n) is 10.5. The van der Waals surface area contributed by atoms with Crippen molar-refractivity contribution in [2.45, 2.75) is 0 Å². The summed E-state index contributed by atoms with van der Waals surface area (Å²) in [4.78, 5) is 33.1. The number of amides is 2. The fourth-order valence-corrected chi connectivity index (χ4v) is 3.59. The molecule has 0 saturated carbocycles. The zero-order chi connectivity index (χ0) is 22.7. The van der Waals surface area contributed by atoms with Crippen molar-refractivity contribution in [2.24, 2.45) is 0 Å². The van der Waals surface area contributed by atoms with Gasteiger partial charge in [0.15, 0.2) is 0 Å². The maximum Gasteiger partial charge on any atom is 0.254 e. The van der Waals surface area contributed by atoms with Crippen LogP contribution < -0.4 is 0 Å². The van der Waals surface area contributed by atoms with Crippen LogP contribution in [-0.2, 0) is 4.79 Å². The molecule has 0 aliphatic heterocycles. The van der Waals surface area contributed by atoms with E-state index in [0.717, 1.165) is 33.3 Å². The Labute approximate surface area is 187 Å². The number of benzene rings is 3. The summed E-state index contributed by atoms with van der Waals surface area (Å²) in [6, 6.07) is 27.7. The molecule has 3 aromatic carbocycles. The van der Waals surface area contributed by atoms with E-state index in [1.165, 1.54) is 9.80 Å². The topological polar surface area (TPSA) is 53.5 Å². The number of nitrogens with zero attached hydrogens (tertiary/aromatic N) is 3. The van der Waals surface area contributed by atoms with E-state index in [1.807, 2.05) is 60.7 Å². The third-order valence-electron chi connectivity index (χ3n) is 5.45. The van der Waals surface area contributed by atoms with Gasteiger partial charge in [-0.2, -0.15) is 0 Å².